The maximum Gasteiger partial charge on any atom is 0.131 e. The van der Waals surface area contributed by atoms with Gasteiger partial charge in [-0.1, -0.05) is 55.1 Å². The van der Waals surface area contributed by atoms with Crippen molar-refractivity contribution in [3.63, 3.8) is 0 Å². The molecule has 0 radical (unpaired) electrons. The molecule has 1 N–H and O–H groups in total. The van der Waals surface area contributed by atoms with Crippen molar-refractivity contribution in [2.45, 2.75) is 32.3 Å². The number of aliphatic hydroxyl groups excluding tert-OH is 1. The third-order valence-electron chi connectivity index (χ3n) is 4.80. The first kappa shape index (κ1) is 20.8. The summed E-state index contributed by atoms with van der Waals surface area (Å²) in [7, 11) is 0. The topological polar surface area (TPSA) is 29.5 Å². The number of ether oxygens (including phenoxy) is 1. The zero-order chi connectivity index (χ0) is 20.6. The smallest absolute Gasteiger partial charge is 0.131 e. The number of benzene rings is 3. The van der Waals surface area contributed by atoms with Gasteiger partial charge >= 0.3 is 0 Å². The molecule has 3 aromatic rings. The Balaban J connectivity index is 1.74. The second-order valence-corrected chi connectivity index (χ2v) is 7.24. The first-order chi connectivity index (χ1) is 14.1. The van der Waals surface area contributed by atoms with Crippen LogP contribution in [0.15, 0.2) is 73.3 Å². The number of halogens is 1. The lowest BCUT2D eigenvalue weighted by Crippen LogP contribution is -1.97. The van der Waals surface area contributed by atoms with E-state index >= 15 is 0 Å². The first-order valence-electron chi connectivity index (χ1n) is 9.99. The van der Waals surface area contributed by atoms with Crippen LogP contribution in [0.4, 0.5) is 4.39 Å². The van der Waals surface area contributed by atoms with E-state index in [4.69, 9.17) is 4.74 Å². The molecule has 0 aliphatic carbocycles. The van der Waals surface area contributed by atoms with Crippen molar-refractivity contribution in [2.24, 2.45) is 0 Å². The lowest BCUT2D eigenvalue weighted by Gasteiger charge is -2.08. The quantitative estimate of drug-likeness (QED) is 0.322. The van der Waals surface area contributed by atoms with Gasteiger partial charge in [0.25, 0.3) is 0 Å². The Morgan fingerprint density at radius 2 is 1.76 bits per heavy atom. The molecule has 3 heteroatoms. The Hall–Kier alpha value is -2.91. The Kier molecular flexibility index (Phi) is 7.20. The number of hydrogen-bond acceptors (Lipinski definition) is 2. The molecule has 0 spiro atoms. The number of allylic oxidation sites excluding steroid dienone is 1. The maximum atomic E-state index is 14.5. The normalized spacial score (nSPS) is 12.4. The zero-order valence-electron chi connectivity index (χ0n) is 16.8. The summed E-state index contributed by atoms with van der Waals surface area (Å²) in [5.74, 6) is 0.573. The predicted octanol–water partition coefficient (Wildman–Crippen LogP) is 6.78. The maximum absolute atomic E-state index is 14.5. The predicted molar refractivity (Wildman–Crippen MR) is 120 cm³/mol. The first-order valence-corrected chi connectivity index (χ1v) is 9.99. The second kappa shape index (κ2) is 10.0. The van der Waals surface area contributed by atoms with Gasteiger partial charge in [0.05, 0.1) is 6.10 Å². The molecule has 150 valence electrons. The molecule has 0 aliphatic heterocycles. The molecule has 0 heterocycles. The summed E-state index contributed by atoms with van der Waals surface area (Å²) in [5.41, 5.74) is 2.40. The van der Waals surface area contributed by atoms with Crippen LogP contribution in [0, 0.1) is 5.82 Å². The van der Waals surface area contributed by atoms with Crippen LogP contribution in [0.2, 0.25) is 0 Å². The van der Waals surface area contributed by atoms with E-state index in [1.165, 1.54) is 0 Å². The Morgan fingerprint density at radius 3 is 2.52 bits per heavy atom. The fourth-order valence-electron chi connectivity index (χ4n) is 3.23. The van der Waals surface area contributed by atoms with Crippen LogP contribution in [0.1, 0.15) is 31.7 Å². The van der Waals surface area contributed by atoms with Crippen LogP contribution in [0.25, 0.3) is 28.0 Å². The molecule has 1 atom stereocenters. The van der Waals surface area contributed by atoms with E-state index in [0.717, 1.165) is 46.9 Å². The van der Waals surface area contributed by atoms with Crippen LogP contribution in [0.5, 0.6) is 5.75 Å². The van der Waals surface area contributed by atoms with E-state index in [-0.39, 0.29) is 11.9 Å². The molecular formula is C26H27FO2. The van der Waals surface area contributed by atoms with Gasteiger partial charge in [-0.25, -0.2) is 4.39 Å². The average Bonchev–Trinajstić information content (AvgIpc) is 2.72. The Bertz CT molecular complexity index is 1000. The molecular weight excluding hydrogens is 363 g/mol. The van der Waals surface area contributed by atoms with Gasteiger partial charge in [-0.15, -0.1) is 0 Å². The number of fused-ring (bicyclic) bond motifs is 1. The summed E-state index contributed by atoms with van der Waals surface area (Å²) in [6.07, 6.45) is 7.69. The SMILES string of the molecule is C=CCOc1ccc2cc(-c3ccc(C=CCCCC(C)O)c(F)c3)ccc2c1. The van der Waals surface area contributed by atoms with E-state index < -0.39 is 0 Å². The third-order valence-corrected chi connectivity index (χ3v) is 4.80. The summed E-state index contributed by atoms with van der Waals surface area (Å²) in [4.78, 5) is 0. The van der Waals surface area contributed by atoms with Crippen LogP contribution in [-0.4, -0.2) is 17.8 Å². The minimum absolute atomic E-state index is 0.234. The molecule has 0 bridgehead atoms. The van der Waals surface area contributed by atoms with Gasteiger partial charge in [-0.2, -0.15) is 0 Å². The molecule has 0 saturated carbocycles. The van der Waals surface area contributed by atoms with Crippen molar-refractivity contribution < 1.29 is 14.2 Å². The van der Waals surface area contributed by atoms with E-state index in [1.807, 2.05) is 54.6 Å². The Labute approximate surface area is 172 Å². The molecule has 2 nitrogen and oxygen atoms in total. The van der Waals surface area contributed by atoms with E-state index in [0.29, 0.717) is 12.2 Å². The highest BCUT2D eigenvalue weighted by molar-refractivity contribution is 5.88. The highest BCUT2D eigenvalue weighted by Crippen LogP contribution is 2.28. The third kappa shape index (κ3) is 5.78. The zero-order valence-corrected chi connectivity index (χ0v) is 16.8. The summed E-state index contributed by atoms with van der Waals surface area (Å²) >= 11 is 0. The molecule has 0 aliphatic rings. The second-order valence-electron chi connectivity index (χ2n) is 7.24. The monoisotopic (exact) mass is 390 g/mol. The number of unbranched alkanes of at least 4 members (excludes halogenated alkanes) is 1. The fraction of sp³-hybridized carbons (Fsp3) is 0.231. The van der Waals surface area contributed by atoms with Crippen molar-refractivity contribution >= 4 is 16.8 Å². The molecule has 3 rings (SSSR count). The van der Waals surface area contributed by atoms with Crippen LogP contribution in [-0.2, 0) is 0 Å². The largest absolute Gasteiger partial charge is 0.490 e. The summed E-state index contributed by atoms with van der Waals surface area (Å²) in [6.45, 7) is 5.92. The van der Waals surface area contributed by atoms with E-state index in [2.05, 4.69) is 12.6 Å². The number of rotatable bonds is 9. The molecule has 3 aromatic carbocycles. The molecule has 1 unspecified atom stereocenters. The van der Waals surface area contributed by atoms with Gasteiger partial charge < -0.3 is 9.84 Å². The van der Waals surface area contributed by atoms with E-state index in [9.17, 15) is 9.50 Å². The van der Waals surface area contributed by atoms with Crippen molar-refractivity contribution in [2.75, 3.05) is 6.61 Å². The highest BCUT2D eigenvalue weighted by Gasteiger charge is 2.05. The molecule has 0 fully saturated rings. The van der Waals surface area contributed by atoms with Crippen molar-refractivity contribution in [3.05, 3.63) is 84.7 Å². The summed E-state index contributed by atoms with van der Waals surface area (Å²) in [6, 6.07) is 17.4. The highest BCUT2D eigenvalue weighted by atomic mass is 19.1. The molecule has 29 heavy (non-hydrogen) atoms. The summed E-state index contributed by atoms with van der Waals surface area (Å²) < 4.78 is 20.1. The van der Waals surface area contributed by atoms with Gasteiger partial charge in [0.1, 0.15) is 18.2 Å². The van der Waals surface area contributed by atoms with Gasteiger partial charge in [0.2, 0.25) is 0 Å². The number of aliphatic hydroxyl groups is 1. The molecule has 0 aromatic heterocycles. The van der Waals surface area contributed by atoms with Gasteiger partial charge in [-0.05, 0) is 72.4 Å². The van der Waals surface area contributed by atoms with Crippen molar-refractivity contribution in [1.29, 1.82) is 0 Å². The van der Waals surface area contributed by atoms with Crippen molar-refractivity contribution in [1.82, 2.24) is 0 Å². The fourth-order valence-corrected chi connectivity index (χ4v) is 3.23. The standard InChI is InChI=1S/C26H27FO2/c1-3-15-29-25-14-13-22-16-21(11-12-23(22)17-25)24-10-9-20(26(27)18-24)8-6-4-5-7-19(2)28/h3,6,8-14,16-19,28H,1,4-5,7,15H2,2H3. The minimum atomic E-state index is -0.285. The van der Waals surface area contributed by atoms with Crippen molar-refractivity contribution in [3.8, 4) is 16.9 Å². The average molecular weight is 390 g/mol. The minimum Gasteiger partial charge on any atom is -0.490 e. The number of hydrogen-bond donors (Lipinski definition) is 1. The Morgan fingerprint density at radius 1 is 1.03 bits per heavy atom. The lowest BCUT2D eigenvalue weighted by molar-refractivity contribution is 0.182. The van der Waals surface area contributed by atoms with Gasteiger partial charge in [-0.3, -0.25) is 0 Å². The lowest BCUT2D eigenvalue weighted by atomic mass is 9.99. The van der Waals surface area contributed by atoms with Gasteiger partial charge in [0, 0.05) is 5.56 Å². The summed E-state index contributed by atoms with van der Waals surface area (Å²) in [5, 5.41) is 11.4. The van der Waals surface area contributed by atoms with Crippen LogP contribution in [0.3, 0.4) is 0 Å². The van der Waals surface area contributed by atoms with E-state index in [1.54, 1.807) is 19.1 Å². The van der Waals surface area contributed by atoms with Crippen LogP contribution < -0.4 is 4.74 Å². The molecule has 0 amide bonds. The van der Waals surface area contributed by atoms with Crippen LogP contribution >= 0.6 is 0 Å². The van der Waals surface area contributed by atoms with Gasteiger partial charge in [0.15, 0.2) is 0 Å². The molecule has 0 saturated heterocycles.